The van der Waals surface area contributed by atoms with Crippen molar-refractivity contribution in [2.75, 3.05) is 10.8 Å². The second-order valence-corrected chi connectivity index (χ2v) is 8.46. The summed E-state index contributed by atoms with van der Waals surface area (Å²) in [6.45, 7) is 3.91. The number of carbonyl (C=O) groups excluding carboxylic acids is 1. The highest BCUT2D eigenvalue weighted by Crippen LogP contribution is 2.36. The molecule has 0 saturated carbocycles. The van der Waals surface area contributed by atoms with E-state index in [1.165, 1.54) is 15.6 Å². The van der Waals surface area contributed by atoms with Gasteiger partial charge < -0.3 is 0 Å². The molecular formula is C15H15NO3S2. The minimum Gasteiger partial charge on any atom is -0.294 e. The average Bonchev–Trinajstić information content (AvgIpc) is 2.87. The van der Waals surface area contributed by atoms with E-state index in [9.17, 15) is 13.2 Å². The fourth-order valence-electron chi connectivity index (χ4n) is 2.56. The van der Waals surface area contributed by atoms with Crippen LogP contribution in [0.3, 0.4) is 0 Å². The first-order valence-corrected chi connectivity index (χ1v) is 8.89. The monoisotopic (exact) mass is 321 g/mol. The lowest BCUT2D eigenvalue weighted by Gasteiger charge is -2.30. The Hall–Kier alpha value is -1.66. The zero-order valence-electron chi connectivity index (χ0n) is 11.8. The zero-order chi connectivity index (χ0) is 15.2. The Bertz CT molecular complexity index is 821. The van der Waals surface area contributed by atoms with Crippen LogP contribution in [-0.2, 0) is 10.0 Å². The molecule has 1 aromatic heterocycles. The number of sulfonamides is 1. The topological polar surface area (TPSA) is 54.5 Å². The number of rotatable bonds is 2. The molecule has 6 heteroatoms. The van der Waals surface area contributed by atoms with E-state index in [1.807, 2.05) is 19.9 Å². The van der Waals surface area contributed by atoms with E-state index >= 15 is 0 Å². The van der Waals surface area contributed by atoms with Gasteiger partial charge in [0.2, 0.25) is 0 Å². The largest absolute Gasteiger partial charge is 0.294 e. The molecule has 0 aliphatic carbocycles. The van der Waals surface area contributed by atoms with Crippen molar-refractivity contribution in [3.8, 4) is 0 Å². The number of ketones is 1. The first kappa shape index (κ1) is 14.3. The second kappa shape index (κ2) is 4.96. The Morgan fingerprint density at radius 1 is 1.14 bits per heavy atom. The van der Waals surface area contributed by atoms with Crippen LogP contribution in [0.15, 0.2) is 34.5 Å². The van der Waals surface area contributed by atoms with Gasteiger partial charge in [0.15, 0.2) is 5.78 Å². The summed E-state index contributed by atoms with van der Waals surface area (Å²) in [5, 5.41) is 0. The minimum absolute atomic E-state index is 0.00232. The van der Waals surface area contributed by atoms with E-state index in [0.29, 0.717) is 15.5 Å². The summed E-state index contributed by atoms with van der Waals surface area (Å²) in [6, 6.07) is 8.75. The molecule has 0 radical (unpaired) electrons. The maximum Gasteiger partial charge on any atom is 0.273 e. The number of nitrogens with zero attached hydrogens (tertiary/aromatic N) is 1. The average molecular weight is 321 g/mol. The van der Waals surface area contributed by atoms with Crippen molar-refractivity contribution in [3.63, 3.8) is 0 Å². The quantitative estimate of drug-likeness (QED) is 0.854. The fourth-order valence-corrected chi connectivity index (χ4v) is 5.51. The highest BCUT2D eigenvalue weighted by atomic mass is 32.2. The molecule has 0 saturated heterocycles. The predicted molar refractivity (Wildman–Crippen MR) is 83.7 cm³/mol. The molecule has 2 aromatic rings. The molecule has 1 aromatic carbocycles. The van der Waals surface area contributed by atoms with Gasteiger partial charge in [-0.1, -0.05) is 12.1 Å². The Balaban J connectivity index is 2.18. The number of para-hydroxylation sites is 1. The molecule has 4 nitrogen and oxygen atoms in total. The second-order valence-electron chi connectivity index (χ2n) is 5.09. The van der Waals surface area contributed by atoms with Crippen LogP contribution in [0, 0.1) is 13.8 Å². The number of hydrogen-bond donors (Lipinski definition) is 0. The van der Waals surface area contributed by atoms with Crippen LogP contribution < -0.4 is 4.31 Å². The number of aryl methyl sites for hydroxylation is 2. The molecule has 0 bridgehead atoms. The number of anilines is 1. The van der Waals surface area contributed by atoms with Crippen LogP contribution in [0.25, 0.3) is 0 Å². The first-order valence-electron chi connectivity index (χ1n) is 6.63. The normalized spacial score (nSPS) is 15.1. The molecule has 21 heavy (non-hydrogen) atoms. The van der Waals surface area contributed by atoms with Gasteiger partial charge in [0.1, 0.15) is 4.21 Å². The first-order chi connectivity index (χ1) is 9.91. The van der Waals surface area contributed by atoms with Gasteiger partial charge in [-0.3, -0.25) is 9.10 Å². The fraction of sp³-hybridized carbons (Fsp3) is 0.267. The maximum atomic E-state index is 12.8. The van der Waals surface area contributed by atoms with Crippen molar-refractivity contribution in [1.29, 1.82) is 0 Å². The summed E-state index contributed by atoms with van der Waals surface area (Å²) in [7, 11) is -3.60. The van der Waals surface area contributed by atoms with Crippen LogP contribution in [0.4, 0.5) is 5.69 Å². The Morgan fingerprint density at radius 3 is 2.57 bits per heavy atom. The van der Waals surface area contributed by atoms with Gasteiger partial charge in [-0.25, -0.2) is 8.42 Å². The molecule has 0 amide bonds. The van der Waals surface area contributed by atoms with Crippen LogP contribution in [0.2, 0.25) is 0 Å². The van der Waals surface area contributed by atoms with Crippen molar-refractivity contribution in [1.82, 2.24) is 0 Å². The molecule has 2 heterocycles. The zero-order valence-corrected chi connectivity index (χ0v) is 13.4. The molecule has 0 fully saturated rings. The van der Waals surface area contributed by atoms with Crippen LogP contribution in [0.5, 0.6) is 0 Å². The molecule has 0 unspecified atom stereocenters. The molecular weight excluding hydrogens is 306 g/mol. The van der Waals surface area contributed by atoms with Gasteiger partial charge >= 0.3 is 0 Å². The summed E-state index contributed by atoms with van der Waals surface area (Å²) >= 11 is 1.26. The third-order valence-corrected chi connectivity index (χ3v) is 6.86. The Labute approximate surface area is 128 Å². The third-order valence-electron chi connectivity index (χ3n) is 3.59. The molecule has 0 N–H and O–H groups in total. The number of Topliss-reactive ketones (excluding diaryl/α,β-unsaturated/α-hetero) is 1. The van der Waals surface area contributed by atoms with Crippen LogP contribution in [-0.4, -0.2) is 20.7 Å². The lowest BCUT2D eigenvalue weighted by atomic mass is 9.99. The third kappa shape index (κ3) is 2.28. The summed E-state index contributed by atoms with van der Waals surface area (Å²) in [5.41, 5.74) is 1.83. The number of benzene rings is 1. The molecule has 0 atom stereocenters. The molecule has 0 spiro atoms. The van der Waals surface area contributed by atoms with E-state index in [4.69, 9.17) is 0 Å². The SMILES string of the molecule is Cc1ccc(S(=O)(=O)N2CCC(=O)c3cccc(C)c32)s1. The standard InChI is InChI=1S/C15H15NO3S2/c1-10-4-3-5-12-13(17)8-9-16(15(10)12)21(18,19)14-7-6-11(2)20-14/h3-7H,8-9H2,1-2H3. The summed E-state index contributed by atoms with van der Waals surface area (Å²) in [4.78, 5) is 13.0. The number of thiophene rings is 1. The van der Waals surface area contributed by atoms with E-state index in [1.54, 1.807) is 24.3 Å². The van der Waals surface area contributed by atoms with E-state index in [-0.39, 0.29) is 18.7 Å². The highest BCUT2D eigenvalue weighted by molar-refractivity contribution is 7.94. The van der Waals surface area contributed by atoms with Crippen molar-refractivity contribution in [2.45, 2.75) is 24.5 Å². The Kier molecular flexibility index (Phi) is 3.37. The van der Waals surface area contributed by atoms with Gasteiger partial charge in [0, 0.05) is 23.4 Å². The van der Waals surface area contributed by atoms with E-state index in [0.717, 1.165) is 10.4 Å². The number of hydrogen-bond acceptors (Lipinski definition) is 4. The number of carbonyl (C=O) groups is 1. The smallest absolute Gasteiger partial charge is 0.273 e. The van der Waals surface area contributed by atoms with Crippen molar-refractivity contribution < 1.29 is 13.2 Å². The van der Waals surface area contributed by atoms with Gasteiger partial charge in [-0.05, 0) is 37.6 Å². The molecule has 3 rings (SSSR count). The maximum absolute atomic E-state index is 12.8. The van der Waals surface area contributed by atoms with E-state index < -0.39 is 10.0 Å². The van der Waals surface area contributed by atoms with Crippen molar-refractivity contribution in [2.24, 2.45) is 0 Å². The van der Waals surface area contributed by atoms with Gasteiger partial charge in [0.05, 0.1) is 5.69 Å². The highest BCUT2D eigenvalue weighted by Gasteiger charge is 2.34. The van der Waals surface area contributed by atoms with Crippen LogP contribution >= 0.6 is 11.3 Å². The van der Waals surface area contributed by atoms with Gasteiger partial charge in [-0.2, -0.15) is 0 Å². The van der Waals surface area contributed by atoms with Crippen LogP contribution in [0.1, 0.15) is 27.2 Å². The van der Waals surface area contributed by atoms with Gasteiger partial charge in [-0.15, -0.1) is 11.3 Å². The molecule has 110 valence electrons. The minimum atomic E-state index is -3.60. The van der Waals surface area contributed by atoms with E-state index in [2.05, 4.69) is 0 Å². The van der Waals surface area contributed by atoms with Gasteiger partial charge in [0.25, 0.3) is 10.0 Å². The lowest BCUT2D eigenvalue weighted by Crippen LogP contribution is -2.37. The Morgan fingerprint density at radius 2 is 1.90 bits per heavy atom. The molecule has 1 aliphatic rings. The lowest BCUT2D eigenvalue weighted by molar-refractivity contribution is 0.0982. The summed E-state index contributed by atoms with van der Waals surface area (Å²) in [6.07, 6.45) is 0.222. The molecule has 1 aliphatic heterocycles. The summed E-state index contributed by atoms with van der Waals surface area (Å²) < 4.78 is 27.4. The summed E-state index contributed by atoms with van der Waals surface area (Å²) in [5.74, 6) is 0.00232. The van der Waals surface area contributed by atoms with Crippen molar-refractivity contribution in [3.05, 3.63) is 46.3 Å². The predicted octanol–water partition coefficient (Wildman–Crippen LogP) is 3.15. The van der Waals surface area contributed by atoms with Crippen molar-refractivity contribution >= 4 is 32.8 Å². The number of fused-ring (bicyclic) bond motifs is 1.